The Morgan fingerprint density at radius 2 is 2.00 bits per heavy atom. The number of hydrogen-bond donors (Lipinski definition) is 1. The lowest BCUT2D eigenvalue weighted by molar-refractivity contribution is 0.184. The molecule has 2 unspecified atom stereocenters. The molecular weight excluding hydrogens is 232 g/mol. The molecule has 0 radical (unpaired) electrons. The van der Waals surface area contributed by atoms with Crippen LogP contribution >= 0.6 is 0 Å². The van der Waals surface area contributed by atoms with E-state index in [1.807, 2.05) is 0 Å². The van der Waals surface area contributed by atoms with E-state index in [-0.39, 0.29) is 0 Å². The predicted octanol–water partition coefficient (Wildman–Crippen LogP) is 3.52. The number of rotatable bonds is 5. The molecule has 0 aliphatic carbocycles. The largest absolute Gasteiger partial charge is 0.313 e. The Labute approximate surface area is 118 Å². The number of nitrogens with zero attached hydrogens (tertiary/aromatic N) is 1. The second-order valence-corrected chi connectivity index (χ2v) is 5.82. The van der Waals surface area contributed by atoms with E-state index in [1.165, 1.54) is 43.5 Å². The third kappa shape index (κ3) is 4.05. The fraction of sp³-hybridized carbons (Fsp3) is 0.647. The molecule has 2 atom stereocenters. The molecule has 1 fully saturated rings. The molecule has 0 aromatic heterocycles. The number of piperidine rings is 1. The van der Waals surface area contributed by atoms with Crippen molar-refractivity contribution in [2.75, 3.05) is 19.6 Å². The maximum absolute atomic E-state index is 3.66. The number of nitrogens with one attached hydrogen (secondary N) is 1. The van der Waals surface area contributed by atoms with Gasteiger partial charge in [0.2, 0.25) is 0 Å². The highest BCUT2D eigenvalue weighted by atomic mass is 15.2. The quantitative estimate of drug-likeness (QED) is 0.871. The summed E-state index contributed by atoms with van der Waals surface area (Å²) in [5.41, 5.74) is 2.77. The van der Waals surface area contributed by atoms with Gasteiger partial charge in [-0.1, -0.05) is 43.2 Å². The van der Waals surface area contributed by atoms with Gasteiger partial charge in [-0.05, 0) is 45.3 Å². The summed E-state index contributed by atoms with van der Waals surface area (Å²) in [6, 6.07) is 10.2. The smallest absolute Gasteiger partial charge is 0.0320 e. The molecule has 1 aliphatic heterocycles. The monoisotopic (exact) mass is 260 g/mol. The lowest BCUT2D eigenvalue weighted by Gasteiger charge is -2.34. The zero-order valence-corrected chi connectivity index (χ0v) is 12.7. The maximum Gasteiger partial charge on any atom is 0.0320 e. The topological polar surface area (TPSA) is 15.3 Å². The summed E-state index contributed by atoms with van der Waals surface area (Å²) in [5, 5.41) is 3.66. The fourth-order valence-corrected chi connectivity index (χ4v) is 2.98. The SMILES string of the molecule is CCN(CC1CCCCN1)C(C)c1ccc(C)cc1. The van der Waals surface area contributed by atoms with E-state index in [2.05, 4.69) is 55.3 Å². The highest BCUT2D eigenvalue weighted by Crippen LogP contribution is 2.21. The van der Waals surface area contributed by atoms with E-state index in [1.54, 1.807) is 0 Å². The van der Waals surface area contributed by atoms with Crippen LogP contribution in [0.5, 0.6) is 0 Å². The van der Waals surface area contributed by atoms with E-state index in [0.29, 0.717) is 12.1 Å². The molecule has 1 aromatic rings. The van der Waals surface area contributed by atoms with Crippen LogP contribution in [0.2, 0.25) is 0 Å². The highest BCUT2D eigenvalue weighted by Gasteiger charge is 2.20. The summed E-state index contributed by atoms with van der Waals surface area (Å²) in [5.74, 6) is 0. The van der Waals surface area contributed by atoms with Gasteiger partial charge in [-0.2, -0.15) is 0 Å². The molecule has 1 N–H and O–H groups in total. The Morgan fingerprint density at radius 3 is 2.58 bits per heavy atom. The number of likely N-dealkylation sites (N-methyl/N-ethyl adjacent to an activating group) is 1. The lowest BCUT2D eigenvalue weighted by atomic mass is 10.0. The van der Waals surface area contributed by atoms with Gasteiger partial charge in [0.05, 0.1) is 0 Å². The van der Waals surface area contributed by atoms with E-state index < -0.39 is 0 Å². The Morgan fingerprint density at radius 1 is 1.26 bits per heavy atom. The van der Waals surface area contributed by atoms with Gasteiger partial charge < -0.3 is 5.32 Å². The van der Waals surface area contributed by atoms with E-state index >= 15 is 0 Å². The summed E-state index contributed by atoms with van der Waals surface area (Å²) < 4.78 is 0. The van der Waals surface area contributed by atoms with Gasteiger partial charge in [0.25, 0.3) is 0 Å². The van der Waals surface area contributed by atoms with Crippen LogP contribution in [0.1, 0.15) is 50.3 Å². The van der Waals surface area contributed by atoms with Crippen molar-refractivity contribution in [3.63, 3.8) is 0 Å². The number of aryl methyl sites for hydroxylation is 1. The minimum Gasteiger partial charge on any atom is -0.313 e. The first-order valence-corrected chi connectivity index (χ1v) is 7.74. The molecule has 2 nitrogen and oxygen atoms in total. The summed E-state index contributed by atoms with van der Waals surface area (Å²) in [6.07, 6.45) is 4.06. The Kier molecular flexibility index (Phi) is 5.41. The van der Waals surface area contributed by atoms with E-state index in [9.17, 15) is 0 Å². The molecule has 2 rings (SSSR count). The first-order valence-electron chi connectivity index (χ1n) is 7.74. The normalized spacial score (nSPS) is 21.6. The Bertz CT molecular complexity index is 365. The van der Waals surface area contributed by atoms with Gasteiger partial charge in [0.15, 0.2) is 0 Å². The van der Waals surface area contributed by atoms with Crippen molar-refractivity contribution in [2.24, 2.45) is 0 Å². The van der Waals surface area contributed by atoms with Crippen LogP contribution in [0, 0.1) is 6.92 Å². The van der Waals surface area contributed by atoms with Crippen LogP contribution in [0.15, 0.2) is 24.3 Å². The van der Waals surface area contributed by atoms with Gasteiger partial charge in [-0.15, -0.1) is 0 Å². The van der Waals surface area contributed by atoms with Crippen molar-refractivity contribution >= 4 is 0 Å². The molecule has 0 amide bonds. The highest BCUT2D eigenvalue weighted by molar-refractivity contribution is 5.23. The van der Waals surface area contributed by atoms with Crippen molar-refractivity contribution in [1.82, 2.24) is 10.2 Å². The first kappa shape index (κ1) is 14.5. The fourth-order valence-electron chi connectivity index (χ4n) is 2.98. The summed E-state index contributed by atoms with van der Waals surface area (Å²) >= 11 is 0. The summed E-state index contributed by atoms with van der Waals surface area (Å²) in [6.45, 7) is 10.2. The van der Waals surface area contributed by atoms with Crippen LogP contribution < -0.4 is 5.32 Å². The van der Waals surface area contributed by atoms with E-state index in [4.69, 9.17) is 0 Å². The van der Waals surface area contributed by atoms with Crippen LogP contribution in [0.25, 0.3) is 0 Å². The molecule has 106 valence electrons. The van der Waals surface area contributed by atoms with Gasteiger partial charge >= 0.3 is 0 Å². The van der Waals surface area contributed by atoms with Crippen molar-refractivity contribution in [3.05, 3.63) is 35.4 Å². The molecule has 0 bridgehead atoms. The minimum absolute atomic E-state index is 0.509. The first-order chi connectivity index (χ1) is 9.20. The van der Waals surface area contributed by atoms with Crippen molar-refractivity contribution in [2.45, 2.75) is 52.1 Å². The molecular formula is C17H28N2. The van der Waals surface area contributed by atoms with Gasteiger partial charge in [-0.25, -0.2) is 0 Å². The molecule has 2 heteroatoms. The third-order valence-electron chi connectivity index (χ3n) is 4.38. The third-order valence-corrected chi connectivity index (χ3v) is 4.38. The van der Waals surface area contributed by atoms with Crippen LogP contribution in [-0.4, -0.2) is 30.6 Å². The average Bonchev–Trinajstić information content (AvgIpc) is 2.46. The van der Waals surface area contributed by atoms with E-state index in [0.717, 1.165) is 6.54 Å². The zero-order valence-electron chi connectivity index (χ0n) is 12.7. The van der Waals surface area contributed by atoms with Gasteiger partial charge in [-0.3, -0.25) is 4.90 Å². The standard InChI is InChI=1S/C17H28N2/c1-4-19(13-17-7-5-6-12-18-17)15(3)16-10-8-14(2)9-11-16/h8-11,15,17-18H,4-7,12-13H2,1-3H3. The van der Waals surface area contributed by atoms with Crippen molar-refractivity contribution in [3.8, 4) is 0 Å². The summed E-state index contributed by atoms with van der Waals surface area (Å²) in [7, 11) is 0. The maximum atomic E-state index is 3.66. The summed E-state index contributed by atoms with van der Waals surface area (Å²) in [4.78, 5) is 2.59. The average molecular weight is 260 g/mol. The van der Waals surface area contributed by atoms with Crippen LogP contribution in [-0.2, 0) is 0 Å². The molecule has 1 saturated heterocycles. The minimum atomic E-state index is 0.509. The number of benzene rings is 1. The predicted molar refractivity (Wildman–Crippen MR) is 82.5 cm³/mol. The molecule has 0 spiro atoms. The van der Waals surface area contributed by atoms with Crippen LogP contribution in [0.4, 0.5) is 0 Å². The molecule has 1 heterocycles. The second kappa shape index (κ2) is 7.06. The molecule has 0 saturated carbocycles. The molecule has 19 heavy (non-hydrogen) atoms. The second-order valence-electron chi connectivity index (χ2n) is 5.82. The van der Waals surface area contributed by atoms with Gasteiger partial charge in [0, 0.05) is 18.6 Å². The molecule has 1 aliphatic rings. The van der Waals surface area contributed by atoms with Crippen molar-refractivity contribution in [1.29, 1.82) is 0 Å². The zero-order chi connectivity index (χ0) is 13.7. The Hall–Kier alpha value is -0.860. The molecule has 1 aromatic carbocycles. The lowest BCUT2D eigenvalue weighted by Crippen LogP contribution is -2.44. The number of hydrogen-bond acceptors (Lipinski definition) is 2. The van der Waals surface area contributed by atoms with Crippen molar-refractivity contribution < 1.29 is 0 Å². The van der Waals surface area contributed by atoms with Crippen LogP contribution in [0.3, 0.4) is 0 Å². The van der Waals surface area contributed by atoms with Gasteiger partial charge in [0.1, 0.15) is 0 Å². The Balaban J connectivity index is 1.97.